The van der Waals surface area contributed by atoms with Crippen molar-refractivity contribution in [2.45, 2.75) is 52.2 Å². The summed E-state index contributed by atoms with van der Waals surface area (Å²) >= 11 is 6.26. The standard InChI is InChI=1S/C25H28ClN5O4/c1-3-29(20-14-12-19(13-15-20)23(32)35-16-18-9-5-4-6-10-18)24(33)31-25(34)30(27-28-31)22-17(2)8-7-11-21(22)26/h4-11,19-20H,3,12-16H2,1-2H3. The van der Waals surface area contributed by atoms with Crippen LogP contribution in [0, 0.1) is 12.8 Å². The van der Waals surface area contributed by atoms with Crippen LogP contribution in [0.5, 0.6) is 0 Å². The van der Waals surface area contributed by atoms with Crippen LogP contribution in [0.15, 0.2) is 53.3 Å². The maximum Gasteiger partial charge on any atom is 0.377 e. The van der Waals surface area contributed by atoms with E-state index < -0.39 is 11.7 Å². The largest absolute Gasteiger partial charge is 0.461 e. The van der Waals surface area contributed by atoms with Crippen molar-refractivity contribution in [1.29, 1.82) is 0 Å². The molecule has 4 rings (SSSR count). The Morgan fingerprint density at radius 1 is 1.06 bits per heavy atom. The fourth-order valence-corrected chi connectivity index (χ4v) is 4.84. The number of rotatable bonds is 6. The number of ether oxygens (including phenoxy) is 1. The number of hydrogen-bond acceptors (Lipinski definition) is 6. The van der Waals surface area contributed by atoms with E-state index in [1.54, 1.807) is 30.0 Å². The van der Waals surface area contributed by atoms with Gasteiger partial charge in [0.1, 0.15) is 6.61 Å². The van der Waals surface area contributed by atoms with Crippen molar-refractivity contribution in [2.75, 3.05) is 6.54 Å². The Kier molecular flexibility index (Phi) is 7.65. The molecule has 1 aromatic heterocycles. The van der Waals surface area contributed by atoms with Gasteiger partial charge in [0.05, 0.1) is 16.6 Å². The van der Waals surface area contributed by atoms with Gasteiger partial charge in [0.2, 0.25) is 0 Å². The third kappa shape index (κ3) is 5.30. The number of halogens is 1. The van der Waals surface area contributed by atoms with Crippen LogP contribution in [0.2, 0.25) is 5.02 Å². The van der Waals surface area contributed by atoms with Crippen molar-refractivity contribution in [3.63, 3.8) is 0 Å². The fraction of sp³-hybridized carbons (Fsp3) is 0.400. The zero-order valence-corrected chi connectivity index (χ0v) is 20.5. The molecule has 184 valence electrons. The molecule has 0 unspecified atom stereocenters. The molecule has 0 saturated heterocycles. The lowest BCUT2D eigenvalue weighted by Gasteiger charge is -2.35. The van der Waals surface area contributed by atoms with Crippen LogP contribution in [-0.2, 0) is 16.1 Å². The average molecular weight is 498 g/mol. The highest BCUT2D eigenvalue weighted by Gasteiger charge is 2.33. The van der Waals surface area contributed by atoms with Gasteiger partial charge in [-0.05, 0) is 67.2 Å². The number of esters is 1. The second-order valence-electron chi connectivity index (χ2n) is 8.66. The van der Waals surface area contributed by atoms with Crippen molar-refractivity contribution < 1.29 is 14.3 Å². The van der Waals surface area contributed by atoms with E-state index in [1.165, 1.54) is 0 Å². The van der Waals surface area contributed by atoms with Crippen LogP contribution in [0.25, 0.3) is 5.69 Å². The van der Waals surface area contributed by atoms with Gasteiger partial charge in [0.25, 0.3) is 0 Å². The summed E-state index contributed by atoms with van der Waals surface area (Å²) in [6, 6.07) is 14.1. The predicted octanol–water partition coefficient (Wildman–Crippen LogP) is 3.98. The predicted molar refractivity (Wildman–Crippen MR) is 131 cm³/mol. The van der Waals surface area contributed by atoms with Crippen molar-refractivity contribution in [3.05, 3.63) is 75.2 Å². The van der Waals surface area contributed by atoms with E-state index in [9.17, 15) is 14.4 Å². The quantitative estimate of drug-likeness (QED) is 0.377. The molecule has 1 heterocycles. The molecule has 0 aliphatic heterocycles. The van der Waals surface area contributed by atoms with E-state index in [2.05, 4.69) is 10.4 Å². The summed E-state index contributed by atoms with van der Waals surface area (Å²) < 4.78 is 7.30. The molecule has 10 heteroatoms. The van der Waals surface area contributed by atoms with E-state index >= 15 is 0 Å². The maximum absolute atomic E-state index is 13.2. The summed E-state index contributed by atoms with van der Waals surface area (Å²) in [7, 11) is 0. The Morgan fingerprint density at radius 3 is 2.43 bits per heavy atom. The lowest BCUT2D eigenvalue weighted by Crippen LogP contribution is -2.47. The van der Waals surface area contributed by atoms with Gasteiger partial charge in [-0.15, -0.1) is 4.68 Å². The number of carbonyl (C=O) groups excluding carboxylic acids is 2. The van der Waals surface area contributed by atoms with E-state index in [4.69, 9.17) is 16.3 Å². The van der Waals surface area contributed by atoms with Crippen LogP contribution in [0.3, 0.4) is 0 Å². The average Bonchev–Trinajstić information content (AvgIpc) is 3.24. The van der Waals surface area contributed by atoms with Gasteiger partial charge in [-0.1, -0.05) is 54.1 Å². The molecule has 1 saturated carbocycles. The number of amides is 1. The zero-order valence-electron chi connectivity index (χ0n) is 19.8. The van der Waals surface area contributed by atoms with Gasteiger partial charge >= 0.3 is 17.7 Å². The highest BCUT2D eigenvalue weighted by molar-refractivity contribution is 6.32. The monoisotopic (exact) mass is 497 g/mol. The van der Waals surface area contributed by atoms with Crippen molar-refractivity contribution in [3.8, 4) is 5.69 Å². The van der Waals surface area contributed by atoms with Gasteiger partial charge < -0.3 is 9.64 Å². The Balaban J connectivity index is 1.40. The topological polar surface area (TPSA) is 99.3 Å². The van der Waals surface area contributed by atoms with Gasteiger partial charge in [0.15, 0.2) is 0 Å². The molecule has 3 aromatic rings. The summed E-state index contributed by atoms with van der Waals surface area (Å²) in [6.45, 7) is 4.31. The molecule has 0 radical (unpaired) electrons. The van der Waals surface area contributed by atoms with Gasteiger partial charge in [-0.2, -0.15) is 4.68 Å². The smallest absolute Gasteiger partial charge is 0.377 e. The number of nitrogens with zero attached hydrogens (tertiary/aromatic N) is 5. The molecular weight excluding hydrogens is 470 g/mol. The molecule has 1 fully saturated rings. The van der Waals surface area contributed by atoms with Crippen LogP contribution in [0.1, 0.15) is 43.7 Å². The SMILES string of the molecule is CCN(C(=O)n1nnn(-c2c(C)cccc2Cl)c1=O)C1CCC(C(=O)OCc2ccccc2)CC1. The zero-order chi connectivity index (χ0) is 24.9. The van der Waals surface area contributed by atoms with E-state index in [1.807, 2.05) is 37.3 Å². The highest BCUT2D eigenvalue weighted by atomic mass is 35.5. The first kappa shape index (κ1) is 24.7. The number of para-hydroxylation sites is 1. The van der Waals surface area contributed by atoms with Gasteiger partial charge in [0, 0.05) is 12.6 Å². The molecule has 0 spiro atoms. The lowest BCUT2D eigenvalue weighted by molar-refractivity contribution is -0.151. The summed E-state index contributed by atoms with van der Waals surface area (Å²) in [5, 5.41) is 8.07. The number of tetrazole rings is 1. The number of carbonyl (C=O) groups is 2. The molecule has 9 nitrogen and oxygen atoms in total. The minimum Gasteiger partial charge on any atom is -0.461 e. The third-order valence-corrected chi connectivity index (χ3v) is 6.75. The van der Waals surface area contributed by atoms with Crippen LogP contribution >= 0.6 is 11.6 Å². The molecule has 2 aromatic carbocycles. The molecular formula is C25H28ClN5O4. The minimum atomic E-state index is -0.678. The second-order valence-corrected chi connectivity index (χ2v) is 9.06. The maximum atomic E-state index is 13.2. The normalized spacial score (nSPS) is 17.7. The van der Waals surface area contributed by atoms with E-state index in [-0.39, 0.29) is 24.5 Å². The highest BCUT2D eigenvalue weighted by Crippen LogP contribution is 2.29. The van der Waals surface area contributed by atoms with Crippen molar-refractivity contribution >= 4 is 23.6 Å². The first-order chi connectivity index (χ1) is 16.9. The lowest BCUT2D eigenvalue weighted by atomic mass is 9.85. The van der Waals surface area contributed by atoms with Crippen molar-refractivity contribution in [2.24, 2.45) is 5.92 Å². The van der Waals surface area contributed by atoms with E-state index in [0.717, 1.165) is 20.5 Å². The Labute approximate surface area is 208 Å². The fourth-order valence-electron chi connectivity index (χ4n) is 4.54. The third-order valence-electron chi connectivity index (χ3n) is 6.44. The van der Waals surface area contributed by atoms with Crippen LogP contribution in [-0.4, -0.2) is 49.3 Å². The summed E-state index contributed by atoms with van der Waals surface area (Å²) in [5.41, 5.74) is 1.41. The number of aromatic nitrogens is 4. The Bertz CT molecular complexity index is 1230. The molecule has 0 atom stereocenters. The second kappa shape index (κ2) is 10.9. The first-order valence-electron chi connectivity index (χ1n) is 11.7. The summed E-state index contributed by atoms with van der Waals surface area (Å²) in [5.74, 6) is -0.411. The molecule has 35 heavy (non-hydrogen) atoms. The number of hydrogen-bond donors (Lipinski definition) is 0. The van der Waals surface area contributed by atoms with Crippen LogP contribution in [0.4, 0.5) is 4.79 Å². The molecule has 0 N–H and O–H groups in total. The van der Waals surface area contributed by atoms with Gasteiger partial charge in [-0.3, -0.25) is 4.79 Å². The van der Waals surface area contributed by atoms with E-state index in [0.29, 0.717) is 42.9 Å². The molecule has 1 aliphatic carbocycles. The number of aryl methyl sites for hydroxylation is 1. The first-order valence-corrected chi connectivity index (χ1v) is 12.1. The number of benzene rings is 2. The molecule has 1 aliphatic rings. The summed E-state index contributed by atoms with van der Waals surface area (Å²) in [4.78, 5) is 40.4. The van der Waals surface area contributed by atoms with Gasteiger partial charge in [-0.25, -0.2) is 9.59 Å². The minimum absolute atomic E-state index is 0.107. The van der Waals surface area contributed by atoms with Crippen molar-refractivity contribution in [1.82, 2.24) is 24.7 Å². The summed E-state index contributed by atoms with van der Waals surface area (Å²) in [6.07, 6.45) is 2.50. The molecule has 0 bridgehead atoms. The molecule has 1 amide bonds. The Morgan fingerprint density at radius 2 is 1.77 bits per heavy atom. The Hall–Kier alpha value is -3.46. The van der Waals surface area contributed by atoms with Crippen LogP contribution < -0.4 is 5.69 Å².